The topological polar surface area (TPSA) is 92.3 Å². The van der Waals surface area contributed by atoms with Crippen molar-refractivity contribution in [1.82, 2.24) is 4.72 Å². The monoisotopic (exact) mass is 404 g/mol. The summed E-state index contributed by atoms with van der Waals surface area (Å²) in [6.45, 7) is 3.45. The lowest BCUT2D eigenvalue weighted by molar-refractivity contribution is 0.570. The molecule has 0 atom stereocenters. The quantitative estimate of drug-likeness (QED) is 0.659. The van der Waals surface area contributed by atoms with E-state index in [1.54, 1.807) is 26.0 Å². The average molecular weight is 405 g/mol. The van der Waals surface area contributed by atoms with Crippen LogP contribution in [0.4, 0.5) is 5.69 Å². The van der Waals surface area contributed by atoms with Crippen LogP contribution in [0, 0.1) is 0 Å². The van der Waals surface area contributed by atoms with E-state index in [1.165, 1.54) is 30.3 Å². The normalized spacial score (nSPS) is 12.4. The summed E-state index contributed by atoms with van der Waals surface area (Å²) in [4.78, 5) is 0.212. The molecule has 0 aromatic heterocycles. The van der Waals surface area contributed by atoms with Gasteiger partial charge in [-0.05, 0) is 61.0 Å². The van der Waals surface area contributed by atoms with Crippen LogP contribution in [-0.2, 0) is 20.0 Å². The predicted octanol–water partition coefficient (Wildman–Crippen LogP) is 3.33. The number of hydrogen-bond acceptors (Lipinski definition) is 4. The standard InChI is InChI=1S/C19H20N2O4S2/c1-14(2)20-26(22,23)18-11-8-17(9-12-18)21-27(24,25)19-10-7-15-5-3-4-6-16(15)13-19/h3-14,20-21H,1-2H3. The van der Waals surface area contributed by atoms with E-state index in [1.807, 2.05) is 24.3 Å². The Labute approximate surface area is 159 Å². The maximum Gasteiger partial charge on any atom is 0.261 e. The van der Waals surface area contributed by atoms with Crippen LogP contribution in [0.1, 0.15) is 13.8 Å². The zero-order valence-corrected chi connectivity index (χ0v) is 16.5. The van der Waals surface area contributed by atoms with Crippen molar-refractivity contribution >= 4 is 36.5 Å². The van der Waals surface area contributed by atoms with Gasteiger partial charge in [0.2, 0.25) is 10.0 Å². The number of nitrogens with one attached hydrogen (secondary N) is 2. The summed E-state index contributed by atoms with van der Waals surface area (Å²) in [5.74, 6) is 0. The highest BCUT2D eigenvalue weighted by Gasteiger charge is 2.17. The summed E-state index contributed by atoms with van der Waals surface area (Å²) in [6, 6.07) is 17.7. The molecule has 0 aliphatic heterocycles. The summed E-state index contributed by atoms with van der Waals surface area (Å²) < 4.78 is 54.5. The highest BCUT2D eigenvalue weighted by molar-refractivity contribution is 7.92. The molecule has 27 heavy (non-hydrogen) atoms. The largest absolute Gasteiger partial charge is 0.280 e. The third-order valence-corrected chi connectivity index (χ3v) is 6.89. The number of benzene rings is 3. The first-order chi connectivity index (χ1) is 12.7. The van der Waals surface area contributed by atoms with Gasteiger partial charge in [-0.15, -0.1) is 0 Å². The van der Waals surface area contributed by atoms with Crippen LogP contribution in [0.25, 0.3) is 10.8 Å². The molecule has 3 aromatic carbocycles. The van der Waals surface area contributed by atoms with Gasteiger partial charge < -0.3 is 0 Å². The summed E-state index contributed by atoms with van der Waals surface area (Å²) in [5.41, 5.74) is 0.284. The van der Waals surface area contributed by atoms with Crippen LogP contribution in [0.5, 0.6) is 0 Å². The molecule has 6 nitrogen and oxygen atoms in total. The number of hydrogen-bond donors (Lipinski definition) is 2. The summed E-state index contributed by atoms with van der Waals surface area (Å²) in [7, 11) is -7.41. The highest BCUT2D eigenvalue weighted by atomic mass is 32.2. The molecule has 0 spiro atoms. The number of anilines is 1. The van der Waals surface area contributed by atoms with Gasteiger partial charge in [0.05, 0.1) is 9.79 Å². The second-order valence-corrected chi connectivity index (χ2v) is 9.81. The molecule has 0 aliphatic rings. The zero-order chi connectivity index (χ0) is 19.7. The highest BCUT2D eigenvalue weighted by Crippen LogP contribution is 2.22. The van der Waals surface area contributed by atoms with Crippen molar-refractivity contribution in [2.24, 2.45) is 0 Å². The Morgan fingerprint density at radius 1 is 0.704 bits per heavy atom. The number of fused-ring (bicyclic) bond motifs is 1. The minimum absolute atomic E-state index is 0.0739. The van der Waals surface area contributed by atoms with E-state index in [0.29, 0.717) is 0 Å². The Balaban J connectivity index is 1.85. The fourth-order valence-corrected chi connectivity index (χ4v) is 4.97. The molecule has 0 saturated carbocycles. The van der Waals surface area contributed by atoms with E-state index in [0.717, 1.165) is 10.8 Å². The Morgan fingerprint density at radius 2 is 1.30 bits per heavy atom. The second-order valence-electron chi connectivity index (χ2n) is 6.41. The average Bonchev–Trinajstić information content (AvgIpc) is 2.60. The first-order valence-corrected chi connectivity index (χ1v) is 11.3. The first kappa shape index (κ1) is 19.3. The summed E-state index contributed by atoms with van der Waals surface area (Å²) >= 11 is 0. The molecule has 3 aromatic rings. The Bertz CT molecular complexity index is 1170. The van der Waals surface area contributed by atoms with Gasteiger partial charge in [0.15, 0.2) is 0 Å². The molecule has 0 radical (unpaired) electrons. The van der Waals surface area contributed by atoms with Gasteiger partial charge in [0, 0.05) is 11.7 Å². The Morgan fingerprint density at radius 3 is 1.93 bits per heavy atom. The van der Waals surface area contributed by atoms with Gasteiger partial charge in [-0.1, -0.05) is 30.3 Å². The van der Waals surface area contributed by atoms with Crippen molar-refractivity contribution in [1.29, 1.82) is 0 Å². The van der Waals surface area contributed by atoms with Crippen LogP contribution in [0.3, 0.4) is 0 Å². The molecular weight excluding hydrogens is 384 g/mol. The van der Waals surface area contributed by atoms with Gasteiger partial charge in [-0.3, -0.25) is 4.72 Å². The molecular formula is C19H20N2O4S2. The number of rotatable bonds is 6. The van der Waals surface area contributed by atoms with Gasteiger partial charge in [0.25, 0.3) is 10.0 Å². The first-order valence-electron chi connectivity index (χ1n) is 8.31. The van der Waals surface area contributed by atoms with Crippen molar-refractivity contribution in [3.63, 3.8) is 0 Å². The van der Waals surface area contributed by atoms with Crippen molar-refractivity contribution in [3.05, 3.63) is 66.7 Å². The molecule has 2 N–H and O–H groups in total. The molecule has 0 heterocycles. The second kappa shape index (κ2) is 7.30. The van der Waals surface area contributed by atoms with Crippen LogP contribution in [0.15, 0.2) is 76.5 Å². The lowest BCUT2D eigenvalue weighted by Gasteiger charge is -2.11. The van der Waals surface area contributed by atoms with E-state index >= 15 is 0 Å². The van der Waals surface area contributed by atoms with Crippen LogP contribution < -0.4 is 9.44 Å². The van der Waals surface area contributed by atoms with Crippen LogP contribution in [-0.4, -0.2) is 22.9 Å². The number of sulfonamides is 2. The lowest BCUT2D eigenvalue weighted by atomic mass is 10.1. The van der Waals surface area contributed by atoms with E-state index in [-0.39, 0.29) is 21.5 Å². The van der Waals surface area contributed by atoms with E-state index in [9.17, 15) is 16.8 Å². The predicted molar refractivity (Wildman–Crippen MR) is 107 cm³/mol. The molecule has 8 heteroatoms. The van der Waals surface area contributed by atoms with E-state index < -0.39 is 20.0 Å². The van der Waals surface area contributed by atoms with Gasteiger partial charge >= 0.3 is 0 Å². The summed E-state index contributed by atoms with van der Waals surface area (Å²) in [5, 5.41) is 1.77. The lowest BCUT2D eigenvalue weighted by Crippen LogP contribution is -2.30. The van der Waals surface area contributed by atoms with Crippen molar-refractivity contribution < 1.29 is 16.8 Å². The van der Waals surface area contributed by atoms with Crippen molar-refractivity contribution in [2.75, 3.05) is 4.72 Å². The van der Waals surface area contributed by atoms with Gasteiger partial charge in [0.1, 0.15) is 0 Å². The molecule has 0 fully saturated rings. The van der Waals surface area contributed by atoms with E-state index in [4.69, 9.17) is 0 Å². The van der Waals surface area contributed by atoms with Gasteiger partial charge in [-0.2, -0.15) is 0 Å². The molecule has 0 aliphatic carbocycles. The van der Waals surface area contributed by atoms with Crippen LogP contribution >= 0.6 is 0 Å². The summed E-state index contributed by atoms with van der Waals surface area (Å²) in [6.07, 6.45) is 0. The van der Waals surface area contributed by atoms with Crippen molar-refractivity contribution in [2.45, 2.75) is 29.7 Å². The fourth-order valence-electron chi connectivity index (χ4n) is 2.63. The third-order valence-electron chi connectivity index (χ3n) is 3.84. The molecule has 0 saturated heterocycles. The molecule has 142 valence electrons. The molecule has 3 rings (SSSR count). The van der Waals surface area contributed by atoms with E-state index in [2.05, 4.69) is 9.44 Å². The maximum atomic E-state index is 12.6. The maximum absolute atomic E-state index is 12.6. The third kappa shape index (κ3) is 4.47. The van der Waals surface area contributed by atoms with Gasteiger partial charge in [-0.25, -0.2) is 21.6 Å². The SMILES string of the molecule is CC(C)NS(=O)(=O)c1ccc(NS(=O)(=O)c2ccc3ccccc3c2)cc1. The molecule has 0 amide bonds. The molecule has 0 unspecified atom stereocenters. The fraction of sp³-hybridized carbons (Fsp3) is 0.158. The minimum atomic E-state index is -3.79. The Hall–Kier alpha value is -2.42. The Kier molecular flexibility index (Phi) is 5.23. The van der Waals surface area contributed by atoms with Crippen LogP contribution in [0.2, 0.25) is 0 Å². The minimum Gasteiger partial charge on any atom is -0.280 e. The zero-order valence-electron chi connectivity index (χ0n) is 14.9. The smallest absolute Gasteiger partial charge is 0.261 e. The van der Waals surface area contributed by atoms with Crippen molar-refractivity contribution in [3.8, 4) is 0 Å². The molecule has 0 bridgehead atoms.